The largest absolute Gasteiger partial charge is 0.347 e. The second kappa shape index (κ2) is 7.92. The Kier molecular flexibility index (Phi) is 5.42. The predicted molar refractivity (Wildman–Crippen MR) is 92.3 cm³/mol. The number of benzene rings is 1. The minimum atomic E-state index is -0.188. The van der Waals surface area contributed by atoms with Crippen molar-refractivity contribution >= 4 is 11.8 Å². The molecule has 1 aliphatic rings. The van der Waals surface area contributed by atoms with E-state index in [1.165, 1.54) is 0 Å². The van der Waals surface area contributed by atoms with Crippen LogP contribution in [0.5, 0.6) is 0 Å². The van der Waals surface area contributed by atoms with E-state index in [1.807, 2.05) is 30.3 Å². The molecule has 0 spiro atoms. The standard InChI is InChI=1S/C18H23N5O2/c1-14(24)22-11-7-16(8-12-22)18(25)21-17(13-23-19-9-10-20-23)15-5-3-2-4-6-15/h2-6,9-10,16-17H,7-8,11-13H2,1H3,(H,21,25). The van der Waals surface area contributed by atoms with Crippen LogP contribution in [0.4, 0.5) is 0 Å². The van der Waals surface area contributed by atoms with Gasteiger partial charge in [0.2, 0.25) is 11.8 Å². The summed E-state index contributed by atoms with van der Waals surface area (Å²) in [5.41, 5.74) is 1.02. The van der Waals surface area contributed by atoms with Crippen molar-refractivity contribution in [1.82, 2.24) is 25.2 Å². The average Bonchev–Trinajstić information content (AvgIpc) is 3.15. The van der Waals surface area contributed by atoms with Crippen molar-refractivity contribution < 1.29 is 9.59 Å². The minimum Gasteiger partial charge on any atom is -0.347 e. The molecule has 1 saturated heterocycles. The van der Waals surface area contributed by atoms with E-state index in [2.05, 4.69) is 15.5 Å². The average molecular weight is 341 g/mol. The maximum atomic E-state index is 12.7. The van der Waals surface area contributed by atoms with Gasteiger partial charge >= 0.3 is 0 Å². The Balaban J connectivity index is 1.65. The molecule has 132 valence electrons. The van der Waals surface area contributed by atoms with Crippen molar-refractivity contribution in [3.05, 3.63) is 48.3 Å². The molecule has 2 amide bonds. The van der Waals surface area contributed by atoms with Gasteiger partial charge in [-0.25, -0.2) is 0 Å². The summed E-state index contributed by atoms with van der Waals surface area (Å²) in [7, 11) is 0. The topological polar surface area (TPSA) is 80.1 Å². The highest BCUT2D eigenvalue weighted by molar-refractivity contribution is 5.80. The molecule has 2 heterocycles. The summed E-state index contributed by atoms with van der Waals surface area (Å²) in [6, 6.07) is 9.66. The Morgan fingerprint density at radius 3 is 2.40 bits per heavy atom. The van der Waals surface area contributed by atoms with Gasteiger partial charge in [0.25, 0.3) is 0 Å². The molecule has 2 aromatic rings. The minimum absolute atomic E-state index is 0.0317. The summed E-state index contributed by atoms with van der Waals surface area (Å²) >= 11 is 0. The number of amides is 2. The molecule has 1 atom stereocenters. The molecule has 0 bridgehead atoms. The zero-order valence-corrected chi connectivity index (χ0v) is 14.3. The Labute approximate surface area is 147 Å². The number of likely N-dealkylation sites (tertiary alicyclic amines) is 1. The predicted octanol–water partition coefficient (Wildman–Crippen LogP) is 1.39. The zero-order chi connectivity index (χ0) is 17.6. The first-order valence-electron chi connectivity index (χ1n) is 8.58. The lowest BCUT2D eigenvalue weighted by Gasteiger charge is -2.31. The maximum Gasteiger partial charge on any atom is 0.223 e. The monoisotopic (exact) mass is 341 g/mol. The number of nitrogens with one attached hydrogen (secondary N) is 1. The van der Waals surface area contributed by atoms with Gasteiger partial charge in [-0.15, -0.1) is 0 Å². The highest BCUT2D eigenvalue weighted by atomic mass is 16.2. The van der Waals surface area contributed by atoms with E-state index in [1.54, 1.807) is 29.0 Å². The number of carbonyl (C=O) groups is 2. The third-order valence-electron chi connectivity index (χ3n) is 4.64. The lowest BCUT2D eigenvalue weighted by Crippen LogP contribution is -2.43. The van der Waals surface area contributed by atoms with E-state index in [4.69, 9.17) is 0 Å². The third-order valence-corrected chi connectivity index (χ3v) is 4.64. The third kappa shape index (κ3) is 4.43. The van der Waals surface area contributed by atoms with Gasteiger partial charge in [0.1, 0.15) is 0 Å². The van der Waals surface area contributed by atoms with Gasteiger partial charge in [-0.1, -0.05) is 30.3 Å². The molecular weight excluding hydrogens is 318 g/mol. The van der Waals surface area contributed by atoms with E-state index < -0.39 is 0 Å². The van der Waals surface area contributed by atoms with Gasteiger partial charge in [-0.05, 0) is 18.4 Å². The Morgan fingerprint density at radius 1 is 1.16 bits per heavy atom. The number of aromatic nitrogens is 3. The van der Waals surface area contributed by atoms with Crippen LogP contribution in [0.2, 0.25) is 0 Å². The van der Waals surface area contributed by atoms with Crippen molar-refractivity contribution in [2.45, 2.75) is 32.4 Å². The first-order valence-corrected chi connectivity index (χ1v) is 8.58. The van der Waals surface area contributed by atoms with Crippen molar-refractivity contribution in [3.63, 3.8) is 0 Å². The number of carbonyl (C=O) groups excluding carboxylic acids is 2. The SMILES string of the molecule is CC(=O)N1CCC(C(=O)NC(Cn2nccn2)c2ccccc2)CC1. The lowest BCUT2D eigenvalue weighted by molar-refractivity contribution is -0.134. The first-order chi connectivity index (χ1) is 12.1. The molecule has 25 heavy (non-hydrogen) atoms. The molecule has 1 aromatic heterocycles. The molecule has 1 aromatic carbocycles. The van der Waals surface area contributed by atoms with Crippen LogP contribution in [0, 0.1) is 5.92 Å². The summed E-state index contributed by atoms with van der Waals surface area (Å²) in [5.74, 6) is 0.0439. The highest BCUT2D eigenvalue weighted by Gasteiger charge is 2.28. The molecule has 3 rings (SSSR count). The van der Waals surface area contributed by atoms with E-state index in [0.29, 0.717) is 32.5 Å². The fourth-order valence-corrected chi connectivity index (χ4v) is 3.17. The molecule has 1 unspecified atom stereocenters. The van der Waals surface area contributed by atoms with Crippen LogP contribution in [0.1, 0.15) is 31.4 Å². The smallest absolute Gasteiger partial charge is 0.223 e. The number of hydrogen-bond donors (Lipinski definition) is 1. The van der Waals surface area contributed by atoms with E-state index in [9.17, 15) is 9.59 Å². The van der Waals surface area contributed by atoms with Gasteiger partial charge < -0.3 is 10.2 Å². The second-order valence-corrected chi connectivity index (χ2v) is 6.34. The van der Waals surface area contributed by atoms with Crippen LogP contribution >= 0.6 is 0 Å². The molecule has 0 radical (unpaired) electrons. The first kappa shape index (κ1) is 17.1. The number of piperidine rings is 1. The van der Waals surface area contributed by atoms with Crippen LogP contribution in [0.3, 0.4) is 0 Å². The summed E-state index contributed by atoms with van der Waals surface area (Å²) in [4.78, 5) is 27.5. The molecule has 7 heteroatoms. The number of hydrogen-bond acceptors (Lipinski definition) is 4. The summed E-state index contributed by atoms with van der Waals surface area (Å²) < 4.78 is 0. The van der Waals surface area contributed by atoms with Crippen molar-refractivity contribution in [2.75, 3.05) is 13.1 Å². The second-order valence-electron chi connectivity index (χ2n) is 6.34. The molecular formula is C18H23N5O2. The van der Waals surface area contributed by atoms with Crippen LogP contribution in [0.15, 0.2) is 42.7 Å². The lowest BCUT2D eigenvalue weighted by atomic mass is 9.95. The maximum absolute atomic E-state index is 12.7. The summed E-state index contributed by atoms with van der Waals surface area (Å²) in [6.07, 6.45) is 4.66. The van der Waals surface area contributed by atoms with Gasteiger partial charge in [-0.3, -0.25) is 9.59 Å². The number of rotatable bonds is 5. The van der Waals surface area contributed by atoms with E-state index >= 15 is 0 Å². The van der Waals surface area contributed by atoms with Gasteiger partial charge in [0.15, 0.2) is 0 Å². The number of nitrogens with zero attached hydrogens (tertiary/aromatic N) is 4. The van der Waals surface area contributed by atoms with Crippen molar-refractivity contribution in [2.24, 2.45) is 5.92 Å². The van der Waals surface area contributed by atoms with Crippen LogP contribution < -0.4 is 5.32 Å². The quantitative estimate of drug-likeness (QED) is 0.891. The van der Waals surface area contributed by atoms with Gasteiger partial charge in [0.05, 0.1) is 25.0 Å². The molecule has 0 saturated carbocycles. The molecule has 1 N–H and O–H groups in total. The summed E-state index contributed by atoms with van der Waals surface area (Å²) in [5, 5.41) is 11.4. The summed E-state index contributed by atoms with van der Waals surface area (Å²) in [6.45, 7) is 3.34. The van der Waals surface area contributed by atoms with Crippen molar-refractivity contribution in [1.29, 1.82) is 0 Å². The van der Waals surface area contributed by atoms with E-state index in [-0.39, 0.29) is 23.8 Å². The van der Waals surface area contributed by atoms with Gasteiger partial charge in [0, 0.05) is 25.9 Å². The fourth-order valence-electron chi connectivity index (χ4n) is 3.17. The molecule has 1 aliphatic heterocycles. The molecule has 1 fully saturated rings. The van der Waals surface area contributed by atoms with Crippen LogP contribution in [-0.2, 0) is 16.1 Å². The Hall–Kier alpha value is -2.70. The highest BCUT2D eigenvalue weighted by Crippen LogP contribution is 2.20. The molecule has 0 aliphatic carbocycles. The van der Waals surface area contributed by atoms with E-state index in [0.717, 1.165) is 5.56 Å². The van der Waals surface area contributed by atoms with Crippen molar-refractivity contribution in [3.8, 4) is 0 Å². The van der Waals surface area contributed by atoms with Crippen LogP contribution in [0.25, 0.3) is 0 Å². The fraction of sp³-hybridized carbons (Fsp3) is 0.444. The normalized spacial score (nSPS) is 16.4. The molecule has 7 nitrogen and oxygen atoms in total. The van der Waals surface area contributed by atoms with Crippen LogP contribution in [-0.4, -0.2) is 44.8 Å². The Bertz CT molecular complexity index is 694. The zero-order valence-electron chi connectivity index (χ0n) is 14.3. The Morgan fingerprint density at radius 2 is 1.80 bits per heavy atom. The van der Waals surface area contributed by atoms with Gasteiger partial charge in [-0.2, -0.15) is 15.0 Å².